The van der Waals surface area contributed by atoms with Crippen molar-refractivity contribution in [2.24, 2.45) is 13.0 Å². The molecule has 24 heavy (non-hydrogen) atoms. The monoisotopic (exact) mass is 348 g/mol. The molecule has 1 amide bonds. The van der Waals surface area contributed by atoms with Gasteiger partial charge in [-0.2, -0.15) is 0 Å². The zero-order valence-corrected chi connectivity index (χ0v) is 14.5. The summed E-state index contributed by atoms with van der Waals surface area (Å²) in [5.74, 6) is 2.19. The molecule has 128 valence electrons. The second-order valence-corrected chi connectivity index (χ2v) is 6.61. The van der Waals surface area contributed by atoms with Gasteiger partial charge in [-0.15, -0.1) is 10.2 Å². The molecule has 2 heterocycles. The van der Waals surface area contributed by atoms with E-state index in [0.717, 1.165) is 28.0 Å². The van der Waals surface area contributed by atoms with Crippen molar-refractivity contribution in [1.29, 1.82) is 0 Å². The summed E-state index contributed by atoms with van der Waals surface area (Å²) in [5, 5.41) is 11.6. The van der Waals surface area contributed by atoms with Gasteiger partial charge in [0.25, 0.3) is 0 Å². The Bertz CT molecular complexity index is 719. The molecule has 8 heteroatoms. The molecule has 7 nitrogen and oxygen atoms in total. The number of nitrogens with zero attached hydrogens (tertiary/aromatic N) is 3. The number of carbonyl (C=O) groups is 1. The van der Waals surface area contributed by atoms with Gasteiger partial charge < -0.3 is 19.4 Å². The zero-order chi connectivity index (χ0) is 16.9. The van der Waals surface area contributed by atoms with Crippen molar-refractivity contribution < 1.29 is 14.3 Å². The Morgan fingerprint density at radius 2 is 2.42 bits per heavy atom. The summed E-state index contributed by atoms with van der Waals surface area (Å²) >= 11 is 1.56. The number of aromatic nitrogens is 3. The first-order chi connectivity index (χ1) is 11.7. The maximum absolute atomic E-state index is 12.3. The fraction of sp³-hybridized carbons (Fsp3) is 0.438. The minimum absolute atomic E-state index is 0.0158. The van der Waals surface area contributed by atoms with Gasteiger partial charge in [0.05, 0.1) is 13.0 Å². The van der Waals surface area contributed by atoms with Gasteiger partial charge in [0, 0.05) is 19.3 Å². The van der Waals surface area contributed by atoms with Crippen LogP contribution in [0.25, 0.3) is 0 Å². The predicted molar refractivity (Wildman–Crippen MR) is 90.4 cm³/mol. The lowest BCUT2D eigenvalue weighted by Crippen LogP contribution is -2.38. The molecule has 2 aromatic rings. The Hall–Kier alpha value is -2.22. The van der Waals surface area contributed by atoms with Crippen LogP contribution in [0.2, 0.25) is 0 Å². The van der Waals surface area contributed by atoms with Gasteiger partial charge in [0.15, 0.2) is 5.16 Å². The van der Waals surface area contributed by atoms with Crippen molar-refractivity contribution in [3.8, 4) is 11.5 Å². The number of methoxy groups -OCH3 is 1. The number of thioether (sulfide) groups is 1. The van der Waals surface area contributed by atoms with Crippen molar-refractivity contribution >= 4 is 17.7 Å². The summed E-state index contributed by atoms with van der Waals surface area (Å²) in [6, 6.07) is 5.68. The minimum atomic E-state index is -0.176. The number of hydrogen-bond donors (Lipinski definition) is 1. The molecule has 1 aromatic carbocycles. The standard InChI is InChI=1S/C16H20N4O3S/c1-20-10-18-19-16(20)24-6-5-17-15(21)12-7-11-8-13(22-2)3-4-14(11)23-9-12/h3-4,8,10,12H,5-7,9H2,1-2H3,(H,17,21)/t12-/m1/s1. The molecule has 0 fully saturated rings. The van der Waals surface area contributed by atoms with Crippen LogP contribution in [0.5, 0.6) is 11.5 Å². The van der Waals surface area contributed by atoms with E-state index >= 15 is 0 Å². The van der Waals surface area contributed by atoms with E-state index in [1.54, 1.807) is 25.2 Å². The number of nitrogens with one attached hydrogen (secondary N) is 1. The van der Waals surface area contributed by atoms with Crippen LogP contribution in [0.4, 0.5) is 0 Å². The molecule has 0 saturated carbocycles. The first-order valence-electron chi connectivity index (χ1n) is 7.71. The largest absolute Gasteiger partial charge is 0.497 e. The van der Waals surface area contributed by atoms with Crippen LogP contribution >= 0.6 is 11.8 Å². The number of rotatable bonds is 6. The molecule has 0 bridgehead atoms. The van der Waals surface area contributed by atoms with Crippen LogP contribution < -0.4 is 14.8 Å². The highest BCUT2D eigenvalue weighted by Crippen LogP contribution is 2.30. The van der Waals surface area contributed by atoms with Crippen LogP contribution in [0.15, 0.2) is 29.7 Å². The Morgan fingerprint density at radius 1 is 1.54 bits per heavy atom. The average Bonchev–Trinajstić information content (AvgIpc) is 3.02. The number of amides is 1. The van der Waals surface area contributed by atoms with Gasteiger partial charge in [-0.1, -0.05) is 11.8 Å². The molecule has 0 unspecified atom stereocenters. The topological polar surface area (TPSA) is 78.3 Å². The van der Waals surface area contributed by atoms with E-state index in [2.05, 4.69) is 15.5 Å². The summed E-state index contributed by atoms with van der Waals surface area (Å²) in [4.78, 5) is 12.3. The summed E-state index contributed by atoms with van der Waals surface area (Å²) in [6.45, 7) is 0.986. The molecule has 1 N–H and O–H groups in total. The lowest BCUT2D eigenvalue weighted by Gasteiger charge is -2.25. The molecular weight excluding hydrogens is 328 g/mol. The third-order valence-electron chi connectivity index (χ3n) is 3.85. The van der Waals surface area contributed by atoms with E-state index in [4.69, 9.17) is 9.47 Å². The van der Waals surface area contributed by atoms with E-state index in [1.165, 1.54) is 0 Å². The molecule has 0 aliphatic carbocycles. The van der Waals surface area contributed by atoms with Gasteiger partial charge >= 0.3 is 0 Å². The first-order valence-corrected chi connectivity index (χ1v) is 8.70. The summed E-state index contributed by atoms with van der Waals surface area (Å²) in [6.07, 6.45) is 2.32. The van der Waals surface area contributed by atoms with E-state index < -0.39 is 0 Å². The maximum atomic E-state index is 12.3. The highest BCUT2D eigenvalue weighted by atomic mass is 32.2. The van der Waals surface area contributed by atoms with Gasteiger partial charge in [-0.25, -0.2) is 0 Å². The fourth-order valence-electron chi connectivity index (χ4n) is 2.53. The maximum Gasteiger partial charge on any atom is 0.226 e. The van der Waals surface area contributed by atoms with Crippen molar-refractivity contribution in [2.75, 3.05) is 26.0 Å². The number of benzene rings is 1. The van der Waals surface area contributed by atoms with Crippen molar-refractivity contribution in [3.63, 3.8) is 0 Å². The van der Waals surface area contributed by atoms with E-state index in [1.807, 2.05) is 29.8 Å². The van der Waals surface area contributed by atoms with Crippen LogP contribution in [0.1, 0.15) is 5.56 Å². The molecule has 0 radical (unpaired) electrons. The Morgan fingerprint density at radius 3 is 3.17 bits per heavy atom. The molecular formula is C16H20N4O3S. The number of carbonyl (C=O) groups excluding carboxylic acids is 1. The Labute approximate surface area is 144 Å². The van der Waals surface area contributed by atoms with Gasteiger partial charge in [0.2, 0.25) is 5.91 Å². The van der Waals surface area contributed by atoms with Crippen LogP contribution in [0, 0.1) is 5.92 Å². The molecule has 3 rings (SSSR count). The third kappa shape index (κ3) is 3.81. The van der Waals surface area contributed by atoms with Gasteiger partial charge in [-0.3, -0.25) is 4.79 Å². The zero-order valence-electron chi connectivity index (χ0n) is 13.7. The molecule has 1 atom stereocenters. The quantitative estimate of drug-likeness (QED) is 0.626. The highest BCUT2D eigenvalue weighted by molar-refractivity contribution is 7.99. The predicted octanol–water partition coefficient (Wildman–Crippen LogP) is 1.28. The Balaban J connectivity index is 1.48. The SMILES string of the molecule is COc1ccc2c(c1)C[C@@H](C(=O)NCCSc1nncn1C)CO2. The second-order valence-electron chi connectivity index (χ2n) is 5.55. The summed E-state index contributed by atoms with van der Waals surface area (Å²) < 4.78 is 12.8. The molecule has 0 spiro atoms. The van der Waals surface area contributed by atoms with E-state index in [-0.39, 0.29) is 11.8 Å². The van der Waals surface area contributed by atoms with Crippen molar-refractivity contribution in [1.82, 2.24) is 20.1 Å². The summed E-state index contributed by atoms with van der Waals surface area (Å²) in [7, 11) is 3.52. The van der Waals surface area contributed by atoms with Gasteiger partial charge in [-0.05, 0) is 30.2 Å². The lowest BCUT2D eigenvalue weighted by atomic mass is 9.96. The number of hydrogen-bond acceptors (Lipinski definition) is 6. The first kappa shape index (κ1) is 16.6. The number of ether oxygens (including phenoxy) is 2. The molecule has 0 saturated heterocycles. The van der Waals surface area contributed by atoms with Crippen LogP contribution in [-0.4, -0.2) is 46.7 Å². The van der Waals surface area contributed by atoms with Crippen molar-refractivity contribution in [3.05, 3.63) is 30.1 Å². The second kappa shape index (κ2) is 7.57. The highest BCUT2D eigenvalue weighted by Gasteiger charge is 2.26. The minimum Gasteiger partial charge on any atom is -0.497 e. The van der Waals surface area contributed by atoms with Crippen molar-refractivity contribution in [2.45, 2.75) is 11.6 Å². The van der Waals surface area contributed by atoms with Crippen LogP contribution in [0.3, 0.4) is 0 Å². The molecule has 1 aliphatic rings. The number of aryl methyl sites for hydroxylation is 1. The summed E-state index contributed by atoms with van der Waals surface area (Å²) in [5.41, 5.74) is 1.01. The smallest absolute Gasteiger partial charge is 0.226 e. The van der Waals surface area contributed by atoms with E-state index in [9.17, 15) is 4.79 Å². The van der Waals surface area contributed by atoms with Crippen LogP contribution in [-0.2, 0) is 18.3 Å². The molecule has 1 aliphatic heterocycles. The van der Waals surface area contributed by atoms with Gasteiger partial charge in [0.1, 0.15) is 24.4 Å². The lowest BCUT2D eigenvalue weighted by molar-refractivity contribution is -0.126. The third-order valence-corrected chi connectivity index (χ3v) is 4.88. The fourth-order valence-corrected chi connectivity index (χ4v) is 3.27. The molecule has 1 aromatic heterocycles. The van der Waals surface area contributed by atoms with E-state index in [0.29, 0.717) is 19.6 Å². The Kier molecular flexibility index (Phi) is 5.24. The number of fused-ring (bicyclic) bond motifs is 1. The normalized spacial score (nSPS) is 16.2. The average molecular weight is 348 g/mol.